The fourth-order valence-electron chi connectivity index (χ4n) is 4.77. The minimum Gasteiger partial charge on any atom is -0.377 e. The fourth-order valence-corrected chi connectivity index (χ4v) is 4.77. The number of fused-ring (bicyclic) bond motifs is 1. The Hall–Kier alpha value is -0.570. The second-order valence-corrected chi connectivity index (χ2v) is 8.04. The summed E-state index contributed by atoms with van der Waals surface area (Å²) in [5.74, 6) is 2.27. The van der Waals surface area contributed by atoms with E-state index in [4.69, 9.17) is 4.74 Å². The van der Waals surface area contributed by atoms with Gasteiger partial charge in [-0.05, 0) is 25.2 Å². The zero-order valence-electron chi connectivity index (χ0n) is 15.9. The lowest BCUT2D eigenvalue weighted by molar-refractivity contribution is -0.121. The van der Waals surface area contributed by atoms with Crippen molar-refractivity contribution >= 4 is 35.8 Å². The minimum absolute atomic E-state index is 0. The lowest BCUT2D eigenvalue weighted by atomic mass is 9.57. The molecule has 0 bridgehead atoms. The third-order valence-corrected chi connectivity index (χ3v) is 6.26. The molecule has 3 aliphatic rings. The van der Waals surface area contributed by atoms with Gasteiger partial charge in [0.1, 0.15) is 0 Å². The zero-order valence-corrected chi connectivity index (χ0v) is 18.2. The van der Waals surface area contributed by atoms with E-state index in [0.717, 1.165) is 44.9 Å². The number of amides is 1. The Bertz CT molecular complexity index is 503. The van der Waals surface area contributed by atoms with Crippen LogP contribution in [0.2, 0.25) is 0 Å². The third-order valence-electron chi connectivity index (χ3n) is 6.26. The van der Waals surface area contributed by atoms with Crippen LogP contribution in [0.1, 0.15) is 39.5 Å². The Morgan fingerprint density at radius 3 is 2.56 bits per heavy atom. The van der Waals surface area contributed by atoms with E-state index >= 15 is 0 Å². The predicted molar refractivity (Wildman–Crippen MR) is 110 cm³/mol. The number of carbonyl (C=O) groups is 1. The molecule has 2 saturated heterocycles. The molecule has 3 fully saturated rings. The van der Waals surface area contributed by atoms with Crippen molar-refractivity contribution in [1.82, 2.24) is 15.5 Å². The summed E-state index contributed by atoms with van der Waals surface area (Å²) in [6.45, 7) is 7.42. The van der Waals surface area contributed by atoms with Gasteiger partial charge in [-0.2, -0.15) is 0 Å². The van der Waals surface area contributed by atoms with Gasteiger partial charge >= 0.3 is 0 Å². The van der Waals surface area contributed by atoms with Crippen LogP contribution >= 0.6 is 24.0 Å². The molecule has 2 aliphatic heterocycles. The average molecular weight is 464 g/mol. The van der Waals surface area contributed by atoms with Gasteiger partial charge in [0, 0.05) is 57.6 Å². The molecule has 0 aromatic heterocycles. The van der Waals surface area contributed by atoms with Crippen LogP contribution in [0.5, 0.6) is 0 Å². The van der Waals surface area contributed by atoms with E-state index in [9.17, 15) is 4.79 Å². The summed E-state index contributed by atoms with van der Waals surface area (Å²) in [5, 5.41) is 6.45. The van der Waals surface area contributed by atoms with Gasteiger partial charge in [-0.3, -0.25) is 9.79 Å². The van der Waals surface area contributed by atoms with E-state index in [-0.39, 0.29) is 35.3 Å². The quantitative estimate of drug-likeness (QED) is 0.380. The topological polar surface area (TPSA) is 66.0 Å². The first-order valence-corrected chi connectivity index (χ1v) is 9.27. The normalized spacial score (nSPS) is 31.6. The van der Waals surface area contributed by atoms with Crippen molar-refractivity contribution < 1.29 is 9.53 Å². The van der Waals surface area contributed by atoms with Crippen molar-refractivity contribution in [2.45, 2.75) is 51.7 Å². The largest absolute Gasteiger partial charge is 0.377 e. The van der Waals surface area contributed by atoms with E-state index < -0.39 is 0 Å². The van der Waals surface area contributed by atoms with Crippen molar-refractivity contribution in [3.63, 3.8) is 0 Å². The summed E-state index contributed by atoms with van der Waals surface area (Å²) in [7, 11) is 3.58. The Labute approximate surface area is 168 Å². The number of piperidine rings is 1. The number of guanidine groups is 1. The molecule has 0 radical (unpaired) electrons. The Balaban J connectivity index is 0.00000225. The number of aliphatic imine (C=N–C) groups is 1. The van der Waals surface area contributed by atoms with Gasteiger partial charge in [-0.1, -0.05) is 13.8 Å². The van der Waals surface area contributed by atoms with E-state index in [0.29, 0.717) is 30.4 Å². The van der Waals surface area contributed by atoms with Crippen LogP contribution in [0.15, 0.2) is 4.99 Å². The lowest BCUT2D eigenvalue weighted by Gasteiger charge is -2.55. The molecule has 3 rings (SSSR count). The van der Waals surface area contributed by atoms with Crippen LogP contribution in [0, 0.1) is 17.3 Å². The van der Waals surface area contributed by atoms with Crippen LogP contribution in [0.3, 0.4) is 0 Å². The molecule has 3 atom stereocenters. The Morgan fingerprint density at radius 1 is 1.28 bits per heavy atom. The molecule has 25 heavy (non-hydrogen) atoms. The molecule has 0 aromatic rings. The Morgan fingerprint density at radius 2 is 1.96 bits per heavy atom. The monoisotopic (exact) mass is 464 g/mol. The Kier molecular flexibility index (Phi) is 6.98. The first-order valence-electron chi connectivity index (χ1n) is 9.27. The van der Waals surface area contributed by atoms with Gasteiger partial charge in [0.05, 0.1) is 6.10 Å². The van der Waals surface area contributed by atoms with Crippen molar-refractivity contribution in [2.75, 3.05) is 33.8 Å². The molecule has 0 aromatic carbocycles. The van der Waals surface area contributed by atoms with Gasteiger partial charge in [-0.15, -0.1) is 24.0 Å². The second-order valence-electron chi connectivity index (χ2n) is 8.04. The number of nitrogens with zero attached hydrogens (tertiary/aromatic N) is 2. The first-order chi connectivity index (χ1) is 11.5. The van der Waals surface area contributed by atoms with E-state index in [2.05, 4.69) is 34.4 Å². The second kappa shape index (κ2) is 8.41. The first kappa shape index (κ1) is 20.7. The zero-order chi connectivity index (χ0) is 17.3. The summed E-state index contributed by atoms with van der Waals surface area (Å²) >= 11 is 0. The number of halogens is 1. The maximum Gasteiger partial charge on any atom is 0.220 e. The van der Waals surface area contributed by atoms with E-state index in [1.165, 1.54) is 0 Å². The van der Waals surface area contributed by atoms with Crippen molar-refractivity contribution in [3.05, 3.63) is 0 Å². The maximum absolute atomic E-state index is 11.5. The van der Waals surface area contributed by atoms with Gasteiger partial charge in [0.15, 0.2) is 5.96 Å². The summed E-state index contributed by atoms with van der Waals surface area (Å²) in [6, 6.07) is 0.437. The summed E-state index contributed by atoms with van der Waals surface area (Å²) in [4.78, 5) is 18.4. The molecule has 6 nitrogen and oxygen atoms in total. The van der Waals surface area contributed by atoms with Crippen molar-refractivity contribution in [2.24, 2.45) is 22.2 Å². The van der Waals surface area contributed by atoms with Gasteiger partial charge in [-0.25, -0.2) is 0 Å². The highest BCUT2D eigenvalue weighted by molar-refractivity contribution is 14.0. The minimum atomic E-state index is 0. The smallest absolute Gasteiger partial charge is 0.220 e. The molecular weight excluding hydrogens is 431 g/mol. The number of nitrogens with one attached hydrogen (secondary N) is 2. The molecule has 1 saturated carbocycles. The molecule has 2 N–H and O–H groups in total. The number of likely N-dealkylation sites (tertiary alicyclic amines) is 1. The molecule has 144 valence electrons. The number of rotatable bonds is 3. The SMILES string of the molecule is CN=C(NC1C2CCOC2C1(C)C)N1CCC(CC(=O)NC)CC1.I. The fraction of sp³-hybridized carbons (Fsp3) is 0.889. The highest BCUT2D eigenvalue weighted by atomic mass is 127. The highest BCUT2D eigenvalue weighted by Gasteiger charge is 2.59. The van der Waals surface area contributed by atoms with Crippen LogP contribution in [-0.2, 0) is 9.53 Å². The summed E-state index contributed by atoms with van der Waals surface area (Å²) < 4.78 is 5.89. The lowest BCUT2D eigenvalue weighted by Crippen LogP contribution is -2.68. The predicted octanol–water partition coefficient (Wildman–Crippen LogP) is 1.84. The van der Waals surface area contributed by atoms with Crippen LogP contribution in [0.4, 0.5) is 0 Å². The number of hydrogen-bond acceptors (Lipinski definition) is 3. The molecule has 3 unspecified atom stereocenters. The molecule has 1 amide bonds. The van der Waals surface area contributed by atoms with Gasteiger partial charge < -0.3 is 20.3 Å². The van der Waals surface area contributed by atoms with Crippen molar-refractivity contribution in [3.8, 4) is 0 Å². The number of carbonyl (C=O) groups excluding carboxylic acids is 1. The van der Waals surface area contributed by atoms with E-state index in [1.54, 1.807) is 7.05 Å². The van der Waals surface area contributed by atoms with Crippen LogP contribution in [0.25, 0.3) is 0 Å². The van der Waals surface area contributed by atoms with Crippen molar-refractivity contribution in [1.29, 1.82) is 0 Å². The number of hydrogen-bond donors (Lipinski definition) is 2. The molecular formula is C18H33IN4O2. The summed E-state index contributed by atoms with van der Waals surface area (Å²) in [6.07, 6.45) is 4.30. The number of ether oxygens (including phenoxy) is 1. The van der Waals surface area contributed by atoms with Crippen LogP contribution in [-0.4, -0.2) is 62.7 Å². The van der Waals surface area contributed by atoms with E-state index in [1.807, 2.05) is 7.05 Å². The summed E-state index contributed by atoms with van der Waals surface area (Å²) in [5.41, 5.74) is 0.161. The average Bonchev–Trinajstić information content (AvgIpc) is 3.03. The molecule has 7 heteroatoms. The highest BCUT2D eigenvalue weighted by Crippen LogP contribution is 2.52. The molecule has 1 aliphatic carbocycles. The van der Waals surface area contributed by atoms with Gasteiger partial charge in [0.2, 0.25) is 5.91 Å². The molecule has 0 spiro atoms. The van der Waals surface area contributed by atoms with Gasteiger partial charge in [0.25, 0.3) is 0 Å². The third kappa shape index (κ3) is 4.07. The maximum atomic E-state index is 11.5. The standard InChI is InChI=1S/C18H32N4O2.HI/c1-18(2)15(13-7-10-24-16(13)18)21-17(20-4)22-8-5-12(6-9-22)11-14(23)19-3;/h12-13,15-16H,5-11H2,1-4H3,(H,19,23)(H,20,21);1H. The van der Waals surface area contributed by atoms with Crippen LogP contribution < -0.4 is 10.6 Å². The molecule has 2 heterocycles.